The van der Waals surface area contributed by atoms with Crippen LogP contribution in [0.25, 0.3) is 0 Å². The Morgan fingerprint density at radius 1 is 1.32 bits per heavy atom. The average Bonchev–Trinajstić information content (AvgIpc) is 2.36. The molecule has 1 aromatic carbocycles. The molecular weight excluding hydrogens is 242 g/mol. The fraction of sp³-hybridized carbons (Fsp3) is 0.467. The largest absolute Gasteiger partial charge is 0.495 e. The summed E-state index contributed by atoms with van der Waals surface area (Å²) in [5.41, 5.74) is 1.83. The van der Waals surface area contributed by atoms with Gasteiger partial charge in [-0.1, -0.05) is 19.9 Å². The van der Waals surface area contributed by atoms with Gasteiger partial charge in [-0.3, -0.25) is 9.59 Å². The molecule has 0 aliphatic rings. The third-order valence-electron chi connectivity index (χ3n) is 3.01. The molecule has 0 aliphatic carbocycles. The number of carbonyl (C=O) groups is 2. The smallest absolute Gasteiger partial charge is 0.234 e. The molecule has 4 heteroatoms. The number of ketones is 1. The number of rotatable bonds is 5. The highest BCUT2D eigenvalue weighted by molar-refractivity contribution is 6.05. The summed E-state index contributed by atoms with van der Waals surface area (Å²) in [5.74, 6) is 0.657. The van der Waals surface area contributed by atoms with E-state index in [-0.39, 0.29) is 18.1 Å². The quantitative estimate of drug-likeness (QED) is 0.767. The molecular formula is C15H21NO3. The van der Waals surface area contributed by atoms with Crippen LogP contribution in [0.4, 0.5) is 5.69 Å². The number of nitrogens with zero attached hydrogens (tertiary/aromatic N) is 1. The maximum atomic E-state index is 11.9. The standard InChI is InChI=1S/C15H21NO3/c1-10(2)12-6-7-13(14(9-12)19-5)16(4)15(18)8-11(3)17/h6-7,9-10H,8H2,1-5H3. The van der Waals surface area contributed by atoms with Gasteiger partial charge in [-0.15, -0.1) is 0 Å². The van der Waals surface area contributed by atoms with Gasteiger partial charge in [-0.05, 0) is 30.5 Å². The lowest BCUT2D eigenvalue weighted by Crippen LogP contribution is -2.28. The van der Waals surface area contributed by atoms with Crippen LogP contribution in [0.3, 0.4) is 0 Å². The van der Waals surface area contributed by atoms with E-state index in [9.17, 15) is 9.59 Å². The van der Waals surface area contributed by atoms with Crippen molar-refractivity contribution in [1.82, 2.24) is 0 Å². The van der Waals surface area contributed by atoms with E-state index in [1.54, 1.807) is 14.2 Å². The van der Waals surface area contributed by atoms with Crippen LogP contribution in [-0.4, -0.2) is 25.8 Å². The molecule has 0 aliphatic heterocycles. The summed E-state index contributed by atoms with van der Waals surface area (Å²) in [6.45, 7) is 5.60. The molecule has 0 aromatic heterocycles. The first-order valence-corrected chi connectivity index (χ1v) is 6.30. The number of amides is 1. The van der Waals surface area contributed by atoms with Gasteiger partial charge in [0, 0.05) is 7.05 Å². The highest BCUT2D eigenvalue weighted by Gasteiger charge is 2.17. The molecule has 1 amide bonds. The van der Waals surface area contributed by atoms with Crippen LogP contribution in [-0.2, 0) is 9.59 Å². The van der Waals surface area contributed by atoms with Gasteiger partial charge in [-0.25, -0.2) is 0 Å². The van der Waals surface area contributed by atoms with Crippen LogP contribution < -0.4 is 9.64 Å². The van der Waals surface area contributed by atoms with Gasteiger partial charge < -0.3 is 9.64 Å². The molecule has 0 N–H and O–H groups in total. The van der Waals surface area contributed by atoms with Crippen molar-refractivity contribution in [3.8, 4) is 5.75 Å². The molecule has 0 heterocycles. The Morgan fingerprint density at radius 3 is 2.42 bits per heavy atom. The molecule has 0 radical (unpaired) electrons. The lowest BCUT2D eigenvalue weighted by Gasteiger charge is -2.21. The van der Waals surface area contributed by atoms with E-state index in [2.05, 4.69) is 13.8 Å². The van der Waals surface area contributed by atoms with E-state index in [0.717, 1.165) is 5.56 Å². The number of anilines is 1. The van der Waals surface area contributed by atoms with Crippen molar-refractivity contribution in [2.75, 3.05) is 19.1 Å². The van der Waals surface area contributed by atoms with Crippen molar-refractivity contribution >= 4 is 17.4 Å². The summed E-state index contributed by atoms with van der Waals surface area (Å²) in [6, 6.07) is 5.75. The Balaban J connectivity index is 3.06. The maximum Gasteiger partial charge on any atom is 0.234 e. The van der Waals surface area contributed by atoms with E-state index in [4.69, 9.17) is 4.74 Å². The second-order valence-electron chi connectivity index (χ2n) is 4.92. The Labute approximate surface area is 114 Å². The summed E-state index contributed by atoms with van der Waals surface area (Å²) in [4.78, 5) is 24.4. The predicted molar refractivity (Wildman–Crippen MR) is 75.8 cm³/mol. The lowest BCUT2D eigenvalue weighted by atomic mass is 10.0. The molecule has 19 heavy (non-hydrogen) atoms. The van der Waals surface area contributed by atoms with Gasteiger partial charge in [0.15, 0.2) is 0 Å². The van der Waals surface area contributed by atoms with Crippen LogP contribution in [0, 0.1) is 0 Å². The van der Waals surface area contributed by atoms with Gasteiger partial charge in [0.25, 0.3) is 0 Å². The third-order valence-corrected chi connectivity index (χ3v) is 3.01. The van der Waals surface area contributed by atoms with Gasteiger partial charge in [0.05, 0.1) is 19.2 Å². The normalized spacial score (nSPS) is 10.4. The summed E-state index contributed by atoms with van der Waals surface area (Å²) in [6.07, 6.45) is -0.0917. The zero-order valence-electron chi connectivity index (χ0n) is 12.2. The Kier molecular flexibility index (Phi) is 5.10. The first kappa shape index (κ1) is 15.2. The number of Topliss-reactive ketones (excluding diaryl/α,β-unsaturated/α-hetero) is 1. The average molecular weight is 263 g/mol. The minimum absolute atomic E-state index is 0.0917. The number of methoxy groups -OCH3 is 1. The second kappa shape index (κ2) is 6.36. The highest BCUT2D eigenvalue weighted by Crippen LogP contribution is 2.31. The van der Waals surface area contributed by atoms with Gasteiger partial charge in [0.1, 0.15) is 11.5 Å². The minimum Gasteiger partial charge on any atom is -0.495 e. The summed E-state index contributed by atoms with van der Waals surface area (Å²) < 4.78 is 5.33. The SMILES string of the molecule is COc1cc(C(C)C)ccc1N(C)C(=O)CC(C)=O. The predicted octanol–water partition coefficient (Wildman–Crippen LogP) is 2.76. The maximum absolute atomic E-state index is 11.9. The molecule has 0 saturated heterocycles. The second-order valence-corrected chi connectivity index (χ2v) is 4.92. The van der Waals surface area contributed by atoms with E-state index < -0.39 is 0 Å². The first-order valence-electron chi connectivity index (χ1n) is 6.30. The zero-order chi connectivity index (χ0) is 14.6. The van der Waals surface area contributed by atoms with Crippen LogP contribution in [0.1, 0.15) is 38.7 Å². The molecule has 1 rings (SSSR count). The molecule has 0 saturated carbocycles. The van der Waals surface area contributed by atoms with Crippen molar-refractivity contribution in [3.63, 3.8) is 0 Å². The van der Waals surface area contributed by atoms with E-state index in [1.165, 1.54) is 11.8 Å². The van der Waals surface area contributed by atoms with Crippen molar-refractivity contribution in [3.05, 3.63) is 23.8 Å². The molecule has 1 aromatic rings. The Hall–Kier alpha value is -1.84. The van der Waals surface area contributed by atoms with E-state index >= 15 is 0 Å². The number of ether oxygens (including phenoxy) is 1. The van der Waals surface area contributed by atoms with Gasteiger partial charge >= 0.3 is 0 Å². The molecule has 0 fully saturated rings. The number of benzene rings is 1. The minimum atomic E-state index is -0.233. The summed E-state index contributed by atoms with van der Waals surface area (Å²) >= 11 is 0. The van der Waals surface area contributed by atoms with Crippen molar-refractivity contribution in [2.24, 2.45) is 0 Å². The zero-order valence-corrected chi connectivity index (χ0v) is 12.2. The third kappa shape index (κ3) is 3.81. The van der Waals surface area contributed by atoms with Crippen molar-refractivity contribution in [2.45, 2.75) is 33.1 Å². The van der Waals surface area contributed by atoms with Crippen LogP contribution in [0.5, 0.6) is 5.75 Å². The van der Waals surface area contributed by atoms with Crippen molar-refractivity contribution in [1.29, 1.82) is 0 Å². The number of carbonyl (C=O) groups excluding carboxylic acids is 2. The number of hydrogen-bond acceptors (Lipinski definition) is 3. The van der Waals surface area contributed by atoms with Gasteiger partial charge in [-0.2, -0.15) is 0 Å². The molecule has 0 bridgehead atoms. The molecule has 4 nitrogen and oxygen atoms in total. The Morgan fingerprint density at radius 2 is 1.95 bits per heavy atom. The molecule has 0 atom stereocenters. The Bertz CT molecular complexity index is 480. The fourth-order valence-corrected chi connectivity index (χ4v) is 1.80. The first-order chi connectivity index (χ1) is 8.86. The topological polar surface area (TPSA) is 46.6 Å². The highest BCUT2D eigenvalue weighted by atomic mass is 16.5. The number of hydrogen-bond donors (Lipinski definition) is 0. The molecule has 0 unspecified atom stereocenters. The summed E-state index contributed by atoms with van der Waals surface area (Å²) in [5, 5.41) is 0. The monoisotopic (exact) mass is 263 g/mol. The van der Waals surface area contributed by atoms with Crippen LogP contribution in [0.2, 0.25) is 0 Å². The fourth-order valence-electron chi connectivity index (χ4n) is 1.80. The van der Waals surface area contributed by atoms with Crippen molar-refractivity contribution < 1.29 is 14.3 Å². The van der Waals surface area contributed by atoms with Crippen LogP contribution in [0.15, 0.2) is 18.2 Å². The van der Waals surface area contributed by atoms with E-state index in [0.29, 0.717) is 17.4 Å². The van der Waals surface area contributed by atoms with Gasteiger partial charge in [0.2, 0.25) is 5.91 Å². The molecule has 104 valence electrons. The van der Waals surface area contributed by atoms with E-state index in [1.807, 2.05) is 18.2 Å². The van der Waals surface area contributed by atoms with Crippen LogP contribution >= 0.6 is 0 Å². The summed E-state index contributed by atoms with van der Waals surface area (Å²) in [7, 11) is 3.23. The molecule has 0 spiro atoms. The lowest BCUT2D eigenvalue weighted by molar-refractivity contribution is -0.125.